The van der Waals surface area contributed by atoms with Crippen molar-refractivity contribution in [1.29, 1.82) is 0 Å². The second-order valence-electron chi connectivity index (χ2n) is 3.40. The van der Waals surface area contributed by atoms with E-state index in [-0.39, 0.29) is 11.9 Å². The Hall–Kier alpha value is -1.52. The van der Waals surface area contributed by atoms with Crippen molar-refractivity contribution in [3.63, 3.8) is 0 Å². The highest BCUT2D eigenvalue weighted by Crippen LogP contribution is 2.22. The molecule has 0 spiro atoms. The van der Waals surface area contributed by atoms with E-state index in [2.05, 4.69) is 15.1 Å². The zero-order valence-electron chi connectivity index (χ0n) is 8.06. The largest absolute Gasteiger partial charge is 0.469 e. The lowest BCUT2D eigenvalue weighted by atomic mass is 10.1. The van der Waals surface area contributed by atoms with Gasteiger partial charge >= 0.3 is 5.97 Å². The average Bonchev–Trinajstić information content (AvgIpc) is 2.86. The van der Waals surface area contributed by atoms with Crippen molar-refractivity contribution < 1.29 is 9.53 Å². The van der Waals surface area contributed by atoms with Gasteiger partial charge in [0, 0.05) is 19.2 Å². The summed E-state index contributed by atoms with van der Waals surface area (Å²) in [6, 6.07) is 1.90. The molecule has 1 saturated heterocycles. The maximum Gasteiger partial charge on any atom is 0.310 e. The molecule has 0 aromatic carbocycles. The van der Waals surface area contributed by atoms with E-state index < -0.39 is 0 Å². The van der Waals surface area contributed by atoms with Crippen LogP contribution in [0.3, 0.4) is 0 Å². The summed E-state index contributed by atoms with van der Waals surface area (Å²) < 4.78 is 4.71. The summed E-state index contributed by atoms with van der Waals surface area (Å²) >= 11 is 0. The van der Waals surface area contributed by atoms with Gasteiger partial charge in [0.25, 0.3) is 0 Å². The summed E-state index contributed by atoms with van der Waals surface area (Å²) in [5.74, 6) is 0.853. The van der Waals surface area contributed by atoms with Crippen molar-refractivity contribution in [2.24, 2.45) is 5.92 Å². The Balaban J connectivity index is 1.98. The van der Waals surface area contributed by atoms with Crippen LogP contribution >= 0.6 is 0 Å². The number of aromatic nitrogens is 2. The van der Waals surface area contributed by atoms with Gasteiger partial charge in [0.15, 0.2) is 0 Å². The summed E-state index contributed by atoms with van der Waals surface area (Å²) in [6.45, 7) is 1.59. The fourth-order valence-corrected chi connectivity index (χ4v) is 1.76. The third kappa shape index (κ3) is 1.57. The van der Waals surface area contributed by atoms with Gasteiger partial charge in [-0.25, -0.2) is 0 Å². The molecule has 0 aliphatic carbocycles. The number of aromatic amines is 1. The molecule has 1 aliphatic rings. The molecule has 1 aromatic rings. The number of hydrogen-bond acceptors (Lipinski definition) is 4. The van der Waals surface area contributed by atoms with Crippen LogP contribution in [-0.2, 0) is 9.53 Å². The summed E-state index contributed by atoms with van der Waals surface area (Å²) in [5, 5.41) is 6.75. The van der Waals surface area contributed by atoms with Crippen LogP contribution in [0.15, 0.2) is 12.3 Å². The SMILES string of the molecule is COC(=O)C1CCN(c2ccn[nH]2)C1. The lowest BCUT2D eigenvalue weighted by Gasteiger charge is -2.14. The van der Waals surface area contributed by atoms with Gasteiger partial charge in [-0.3, -0.25) is 9.89 Å². The molecular weight excluding hydrogens is 182 g/mol. The van der Waals surface area contributed by atoms with Gasteiger partial charge in [-0.2, -0.15) is 5.10 Å². The highest BCUT2D eigenvalue weighted by Gasteiger charge is 2.29. The van der Waals surface area contributed by atoms with E-state index in [0.29, 0.717) is 0 Å². The standard InChI is InChI=1S/C9H13N3O2/c1-14-9(13)7-3-5-12(6-7)8-2-4-10-11-8/h2,4,7H,3,5-6H2,1H3,(H,10,11). The van der Waals surface area contributed by atoms with Crippen molar-refractivity contribution >= 4 is 11.8 Å². The van der Waals surface area contributed by atoms with Gasteiger partial charge in [0.1, 0.15) is 5.82 Å². The predicted octanol–water partition coefficient (Wildman–Crippen LogP) is 0.409. The number of anilines is 1. The molecule has 2 rings (SSSR count). The van der Waals surface area contributed by atoms with E-state index in [0.717, 1.165) is 25.3 Å². The molecule has 14 heavy (non-hydrogen) atoms. The molecule has 76 valence electrons. The number of nitrogens with zero attached hydrogens (tertiary/aromatic N) is 2. The van der Waals surface area contributed by atoms with Gasteiger partial charge in [0.05, 0.1) is 19.2 Å². The monoisotopic (exact) mass is 195 g/mol. The van der Waals surface area contributed by atoms with E-state index in [4.69, 9.17) is 4.74 Å². The minimum Gasteiger partial charge on any atom is -0.469 e. The van der Waals surface area contributed by atoms with Crippen LogP contribution in [0.2, 0.25) is 0 Å². The quantitative estimate of drug-likeness (QED) is 0.694. The third-order valence-electron chi connectivity index (χ3n) is 2.55. The zero-order valence-corrected chi connectivity index (χ0v) is 8.06. The Morgan fingerprint density at radius 2 is 2.64 bits per heavy atom. The number of hydrogen-bond donors (Lipinski definition) is 1. The fourth-order valence-electron chi connectivity index (χ4n) is 1.76. The highest BCUT2D eigenvalue weighted by atomic mass is 16.5. The van der Waals surface area contributed by atoms with E-state index >= 15 is 0 Å². The molecule has 5 heteroatoms. The molecule has 5 nitrogen and oxygen atoms in total. The van der Waals surface area contributed by atoms with Crippen molar-refractivity contribution in [2.75, 3.05) is 25.1 Å². The van der Waals surface area contributed by atoms with E-state index in [1.165, 1.54) is 7.11 Å². The molecule has 1 aromatic heterocycles. The fraction of sp³-hybridized carbons (Fsp3) is 0.556. The molecule has 0 saturated carbocycles. The third-order valence-corrected chi connectivity index (χ3v) is 2.55. The molecule has 2 heterocycles. The van der Waals surface area contributed by atoms with E-state index in [1.807, 2.05) is 6.07 Å². The second-order valence-corrected chi connectivity index (χ2v) is 3.40. The topological polar surface area (TPSA) is 58.2 Å². The number of carbonyl (C=O) groups is 1. The smallest absolute Gasteiger partial charge is 0.310 e. The number of rotatable bonds is 2. The molecule has 0 radical (unpaired) electrons. The normalized spacial score (nSPS) is 21.2. The molecule has 1 atom stereocenters. The van der Waals surface area contributed by atoms with Gasteiger partial charge in [-0.1, -0.05) is 0 Å². The molecule has 1 fully saturated rings. The van der Waals surface area contributed by atoms with Crippen molar-refractivity contribution in [2.45, 2.75) is 6.42 Å². The summed E-state index contributed by atoms with van der Waals surface area (Å²) in [7, 11) is 1.43. The maximum atomic E-state index is 11.3. The Morgan fingerprint density at radius 1 is 1.79 bits per heavy atom. The Morgan fingerprint density at radius 3 is 3.29 bits per heavy atom. The van der Waals surface area contributed by atoms with Crippen LogP contribution in [-0.4, -0.2) is 36.4 Å². The van der Waals surface area contributed by atoms with Crippen molar-refractivity contribution in [3.05, 3.63) is 12.3 Å². The van der Waals surface area contributed by atoms with Crippen LogP contribution in [0.4, 0.5) is 5.82 Å². The van der Waals surface area contributed by atoms with E-state index in [9.17, 15) is 4.79 Å². The number of carbonyl (C=O) groups excluding carboxylic acids is 1. The number of H-pyrrole nitrogens is 1. The summed E-state index contributed by atoms with van der Waals surface area (Å²) in [5.41, 5.74) is 0. The first-order chi connectivity index (χ1) is 6.81. The minimum atomic E-state index is -0.119. The number of esters is 1. The predicted molar refractivity (Wildman–Crippen MR) is 50.9 cm³/mol. The average molecular weight is 195 g/mol. The van der Waals surface area contributed by atoms with Gasteiger partial charge in [-0.05, 0) is 6.42 Å². The number of ether oxygens (including phenoxy) is 1. The maximum absolute atomic E-state index is 11.3. The number of nitrogens with one attached hydrogen (secondary N) is 1. The van der Waals surface area contributed by atoms with Crippen molar-refractivity contribution in [1.82, 2.24) is 10.2 Å². The molecular formula is C9H13N3O2. The van der Waals surface area contributed by atoms with Gasteiger partial charge in [0.2, 0.25) is 0 Å². The van der Waals surface area contributed by atoms with Gasteiger partial charge < -0.3 is 9.64 Å². The Kier molecular flexibility index (Phi) is 2.39. The Bertz CT molecular complexity index is 310. The van der Waals surface area contributed by atoms with E-state index in [1.54, 1.807) is 6.20 Å². The van der Waals surface area contributed by atoms with Gasteiger partial charge in [-0.15, -0.1) is 0 Å². The lowest BCUT2D eigenvalue weighted by Crippen LogP contribution is -2.23. The first-order valence-electron chi connectivity index (χ1n) is 4.63. The molecule has 1 unspecified atom stereocenters. The summed E-state index contributed by atoms with van der Waals surface area (Å²) in [6.07, 6.45) is 2.56. The highest BCUT2D eigenvalue weighted by molar-refractivity contribution is 5.73. The van der Waals surface area contributed by atoms with Crippen LogP contribution in [0.1, 0.15) is 6.42 Å². The molecule has 1 aliphatic heterocycles. The molecule has 0 bridgehead atoms. The zero-order chi connectivity index (χ0) is 9.97. The second kappa shape index (κ2) is 3.69. The van der Waals surface area contributed by atoms with Crippen LogP contribution < -0.4 is 4.90 Å². The van der Waals surface area contributed by atoms with Crippen LogP contribution in [0, 0.1) is 5.92 Å². The minimum absolute atomic E-state index is 0.00306. The Labute approximate surface area is 82.0 Å². The van der Waals surface area contributed by atoms with Crippen molar-refractivity contribution in [3.8, 4) is 0 Å². The number of methoxy groups -OCH3 is 1. The van der Waals surface area contributed by atoms with Crippen LogP contribution in [0.25, 0.3) is 0 Å². The first-order valence-corrected chi connectivity index (χ1v) is 4.63. The lowest BCUT2D eigenvalue weighted by molar-refractivity contribution is -0.144. The first kappa shape index (κ1) is 9.05. The van der Waals surface area contributed by atoms with Crippen LogP contribution in [0.5, 0.6) is 0 Å². The molecule has 0 amide bonds. The molecule has 1 N–H and O–H groups in total. The summed E-state index contributed by atoms with van der Waals surface area (Å²) in [4.78, 5) is 13.4.